The molecule has 6 nitrogen and oxygen atoms in total. The molecule has 0 aliphatic heterocycles. The van der Waals surface area contributed by atoms with Crippen molar-refractivity contribution in [2.24, 2.45) is 0 Å². The van der Waals surface area contributed by atoms with Crippen molar-refractivity contribution in [3.8, 4) is 11.4 Å². The van der Waals surface area contributed by atoms with Gasteiger partial charge in [0.2, 0.25) is 0 Å². The van der Waals surface area contributed by atoms with E-state index in [2.05, 4.69) is 10.4 Å². The van der Waals surface area contributed by atoms with E-state index < -0.39 is 0 Å². The van der Waals surface area contributed by atoms with E-state index in [0.717, 1.165) is 12.8 Å². The predicted molar refractivity (Wildman–Crippen MR) is 98.9 cm³/mol. The maximum Gasteiger partial charge on any atom is 0.346 e. The van der Waals surface area contributed by atoms with Crippen LogP contribution >= 0.6 is 0 Å². The van der Waals surface area contributed by atoms with E-state index in [1.807, 2.05) is 6.07 Å². The minimum atomic E-state index is -0.331. The van der Waals surface area contributed by atoms with Gasteiger partial charge in [-0.25, -0.2) is 13.9 Å². The summed E-state index contributed by atoms with van der Waals surface area (Å²) in [6.07, 6.45) is 1.87. The van der Waals surface area contributed by atoms with Gasteiger partial charge in [-0.3, -0.25) is 9.36 Å². The van der Waals surface area contributed by atoms with Gasteiger partial charge in [0.15, 0.2) is 5.82 Å². The summed E-state index contributed by atoms with van der Waals surface area (Å²) in [5.74, 6) is 0.0167. The zero-order valence-corrected chi connectivity index (χ0v) is 14.6. The Bertz CT molecular complexity index is 1000. The number of hydrogen-bond donors (Lipinski definition) is 1. The van der Waals surface area contributed by atoms with Gasteiger partial charge in [0.25, 0.3) is 5.91 Å². The minimum absolute atomic E-state index is 0.144. The van der Waals surface area contributed by atoms with Crippen LogP contribution in [0.5, 0.6) is 0 Å². The Hall–Kier alpha value is -3.22. The summed E-state index contributed by atoms with van der Waals surface area (Å²) in [6.45, 7) is 0.559. The number of hydrogen-bond acceptors (Lipinski definition) is 3. The van der Waals surface area contributed by atoms with Gasteiger partial charge < -0.3 is 5.32 Å². The zero-order valence-electron chi connectivity index (χ0n) is 14.6. The molecule has 0 atom stereocenters. The molecule has 0 spiro atoms. The van der Waals surface area contributed by atoms with Crippen molar-refractivity contribution in [2.45, 2.75) is 25.4 Å². The molecule has 0 unspecified atom stereocenters. The fourth-order valence-electron chi connectivity index (χ4n) is 2.99. The third-order valence-corrected chi connectivity index (χ3v) is 4.53. The third-order valence-electron chi connectivity index (χ3n) is 4.53. The van der Waals surface area contributed by atoms with Crippen LogP contribution in [0.15, 0.2) is 59.4 Å². The summed E-state index contributed by atoms with van der Waals surface area (Å²) in [5.41, 5.74) is 1.07. The molecular weight excluding hydrogens is 347 g/mol. The van der Waals surface area contributed by atoms with E-state index in [-0.39, 0.29) is 36.5 Å². The fraction of sp³-hybridized carbons (Fsp3) is 0.250. The summed E-state index contributed by atoms with van der Waals surface area (Å²) in [5, 5.41) is 7.23. The van der Waals surface area contributed by atoms with Crippen LogP contribution in [0.2, 0.25) is 0 Å². The van der Waals surface area contributed by atoms with Gasteiger partial charge in [-0.1, -0.05) is 18.2 Å². The molecule has 1 amide bonds. The maximum absolute atomic E-state index is 13.2. The summed E-state index contributed by atoms with van der Waals surface area (Å²) < 4.78 is 16.2. The van der Waals surface area contributed by atoms with Crippen LogP contribution in [0.3, 0.4) is 0 Å². The summed E-state index contributed by atoms with van der Waals surface area (Å²) in [7, 11) is 0. The van der Waals surface area contributed by atoms with Gasteiger partial charge in [-0.15, -0.1) is 5.10 Å². The molecule has 138 valence electrons. The Morgan fingerprint density at radius 1 is 1.11 bits per heavy atom. The maximum atomic E-state index is 13.2. The standard InChI is InChI=1S/C20H19FN4O2/c21-16-8-6-14(7-9-16)18-23-24(20(27)25(18)17-10-11-17)13-12-22-19(26)15-4-2-1-3-5-15/h1-9,17H,10-13H2,(H,22,26). The van der Waals surface area contributed by atoms with Crippen molar-refractivity contribution in [2.75, 3.05) is 6.54 Å². The van der Waals surface area contributed by atoms with Gasteiger partial charge in [0.1, 0.15) is 5.82 Å². The Labute approximate surface area is 155 Å². The lowest BCUT2D eigenvalue weighted by molar-refractivity contribution is 0.0951. The first-order valence-corrected chi connectivity index (χ1v) is 8.92. The van der Waals surface area contributed by atoms with Crippen LogP contribution in [0, 0.1) is 5.82 Å². The van der Waals surface area contributed by atoms with E-state index in [0.29, 0.717) is 17.0 Å². The second-order valence-electron chi connectivity index (χ2n) is 6.56. The van der Waals surface area contributed by atoms with Crippen molar-refractivity contribution in [3.63, 3.8) is 0 Å². The molecule has 1 aromatic heterocycles. The SMILES string of the molecule is O=C(NCCn1nc(-c2ccc(F)cc2)n(C2CC2)c1=O)c1ccccc1. The molecule has 1 fully saturated rings. The third kappa shape index (κ3) is 3.67. The Kier molecular flexibility index (Phi) is 4.58. The van der Waals surface area contributed by atoms with E-state index in [4.69, 9.17) is 0 Å². The Balaban J connectivity index is 1.52. The van der Waals surface area contributed by atoms with Gasteiger partial charge in [-0.05, 0) is 49.2 Å². The molecule has 1 saturated carbocycles. The highest BCUT2D eigenvalue weighted by Crippen LogP contribution is 2.36. The highest BCUT2D eigenvalue weighted by atomic mass is 19.1. The number of amides is 1. The van der Waals surface area contributed by atoms with Gasteiger partial charge >= 0.3 is 5.69 Å². The van der Waals surface area contributed by atoms with Gasteiger partial charge in [0, 0.05) is 23.7 Å². The smallest absolute Gasteiger partial charge is 0.346 e. The highest BCUT2D eigenvalue weighted by Gasteiger charge is 2.30. The molecule has 1 N–H and O–H groups in total. The normalized spacial score (nSPS) is 13.5. The first-order chi connectivity index (χ1) is 13.1. The van der Waals surface area contributed by atoms with Crippen LogP contribution in [0.4, 0.5) is 4.39 Å². The minimum Gasteiger partial charge on any atom is -0.350 e. The van der Waals surface area contributed by atoms with E-state index in [1.54, 1.807) is 41.0 Å². The molecular formula is C20H19FN4O2. The molecule has 0 saturated heterocycles. The molecule has 7 heteroatoms. The fourth-order valence-corrected chi connectivity index (χ4v) is 2.99. The van der Waals surface area contributed by atoms with Crippen LogP contribution in [0.25, 0.3) is 11.4 Å². The topological polar surface area (TPSA) is 68.9 Å². The second-order valence-corrected chi connectivity index (χ2v) is 6.56. The second kappa shape index (κ2) is 7.19. The molecule has 2 aromatic carbocycles. The Morgan fingerprint density at radius 3 is 2.48 bits per heavy atom. The molecule has 0 bridgehead atoms. The molecule has 27 heavy (non-hydrogen) atoms. The molecule has 0 radical (unpaired) electrons. The van der Waals surface area contributed by atoms with Gasteiger partial charge in [-0.2, -0.15) is 0 Å². The van der Waals surface area contributed by atoms with Gasteiger partial charge in [0.05, 0.1) is 6.54 Å². The summed E-state index contributed by atoms with van der Waals surface area (Å²) >= 11 is 0. The number of rotatable bonds is 6. The number of aromatic nitrogens is 3. The van der Waals surface area contributed by atoms with Crippen molar-refractivity contribution in [1.82, 2.24) is 19.7 Å². The largest absolute Gasteiger partial charge is 0.350 e. The average molecular weight is 366 g/mol. The molecule has 4 rings (SSSR count). The quantitative estimate of drug-likeness (QED) is 0.729. The Morgan fingerprint density at radius 2 is 1.81 bits per heavy atom. The number of benzene rings is 2. The highest BCUT2D eigenvalue weighted by molar-refractivity contribution is 5.94. The van der Waals surface area contributed by atoms with Crippen molar-refractivity contribution in [3.05, 3.63) is 76.5 Å². The molecule has 1 heterocycles. The first-order valence-electron chi connectivity index (χ1n) is 8.92. The van der Waals surface area contributed by atoms with E-state index in [9.17, 15) is 14.0 Å². The van der Waals surface area contributed by atoms with Crippen molar-refractivity contribution in [1.29, 1.82) is 0 Å². The molecule has 1 aliphatic rings. The molecule has 1 aliphatic carbocycles. The van der Waals surface area contributed by atoms with Crippen LogP contribution < -0.4 is 11.0 Å². The number of nitrogens with zero attached hydrogens (tertiary/aromatic N) is 3. The van der Waals surface area contributed by atoms with E-state index in [1.165, 1.54) is 16.8 Å². The zero-order chi connectivity index (χ0) is 18.8. The van der Waals surface area contributed by atoms with Crippen LogP contribution in [-0.4, -0.2) is 26.8 Å². The number of nitrogens with one attached hydrogen (secondary N) is 1. The summed E-state index contributed by atoms with van der Waals surface area (Å²) in [4.78, 5) is 24.8. The first kappa shape index (κ1) is 17.2. The lowest BCUT2D eigenvalue weighted by Crippen LogP contribution is -2.32. The molecule has 3 aromatic rings. The lowest BCUT2D eigenvalue weighted by atomic mass is 10.2. The number of halogens is 1. The van der Waals surface area contributed by atoms with Crippen molar-refractivity contribution >= 4 is 5.91 Å². The van der Waals surface area contributed by atoms with E-state index >= 15 is 0 Å². The lowest BCUT2D eigenvalue weighted by Gasteiger charge is -2.04. The summed E-state index contributed by atoms with van der Waals surface area (Å²) in [6, 6.07) is 15.0. The van der Waals surface area contributed by atoms with Crippen molar-refractivity contribution < 1.29 is 9.18 Å². The van der Waals surface area contributed by atoms with Crippen LogP contribution in [-0.2, 0) is 6.54 Å². The number of carbonyl (C=O) groups excluding carboxylic acids is 1. The average Bonchev–Trinajstić information content (AvgIpc) is 3.47. The number of carbonyl (C=O) groups is 1. The predicted octanol–water partition coefficient (Wildman–Crippen LogP) is 2.62. The monoisotopic (exact) mass is 366 g/mol. The van der Waals surface area contributed by atoms with Crippen LogP contribution in [0.1, 0.15) is 29.2 Å².